The number of aliphatic imine (C=N–C) groups is 1. The Balaban J connectivity index is 0.00000341. The van der Waals surface area contributed by atoms with E-state index in [9.17, 15) is 8.42 Å². The van der Waals surface area contributed by atoms with Crippen molar-refractivity contribution in [2.24, 2.45) is 4.99 Å². The molecule has 2 aromatic carbocycles. The zero-order valence-corrected chi connectivity index (χ0v) is 21.4. The lowest BCUT2D eigenvalue weighted by Crippen LogP contribution is -2.42. The Morgan fingerprint density at radius 3 is 2.26 bits per heavy atom. The smallest absolute Gasteiger partial charge is 0.191 e. The number of nitrogens with one attached hydrogen (secondary N) is 2. The zero-order chi connectivity index (χ0) is 21.4. The number of likely N-dealkylation sites (tertiary alicyclic amines) is 1. The molecule has 2 N–H and O–H groups in total. The van der Waals surface area contributed by atoms with Crippen LogP contribution in [-0.2, 0) is 16.4 Å². The van der Waals surface area contributed by atoms with Crippen molar-refractivity contribution in [3.05, 3.63) is 65.7 Å². The molecule has 0 spiro atoms. The van der Waals surface area contributed by atoms with Crippen molar-refractivity contribution in [3.8, 4) is 0 Å². The van der Waals surface area contributed by atoms with Crippen LogP contribution in [0.15, 0.2) is 64.5 Å². The van der Waals surface area contributed by atoms with Gasteiger partial charge in [-0.2, -0.15) is 0 Å². The van der Waals surface area contributed by atoms with E-state index in [1.54, 1.807) is 12.1 Å². The van der Waals surface area contributed by atoms with Gasteiger partial charge in [-0.3, -0.25) is 4.90 Å². The number of hydrogen-bond donors (Lipinski definition) is 2. The highest BCUT2D eigenvalue weighted by Gasteiger charge is 2.23. The molecule has 1 atom stereocenters. The maximum absolute atomic E-state index is 11.6. The van der Waals surface area contributed by atoms with E-state index in [2.05, 4.69) is 45.9 Å². The van der Waals surface area contributed by atoms with Crippen LogP contribution < -0.4 is 10.6 Å². The van der Waals surface area contributed by atoms with E-state index < -0.39 is 9.84 Å². The molecular weight excluding hydrogens is 523 g/mol. The van der Waals surface area contributed by atoms with Gasteiger partial charge in [0.15, 0.2) is 15.8 Å². The van der Waals surface area contributed by atoms with Gasteiger partial charge in [0, 0.05) is 19.3 Å². The van der Waals surface area contributed by atoms with Crippen LogP contribution in [0.2, 0.25) is 0 Å². The number of halogens is 1. The molecule has 0 radical (unpaired) electrons. The quantitative estimate of drug-likeness (QED) is 0.296. The van der Waals surface area contributed by atoms with Crippen molar-refractivity contribution >= 4 is 39.8 Å². The molecule has 6 nitrogen and oxygen atoms in total. The van der Waals surface area contributed by atoms with Crippen LogP contribution in [-0.4, -0.2) is 51.7 Å². The van der Waals surface area contributed by atoms with Crippen molar-refractivity contribution in [2.75, 3.05) is 32.4 Å². The summed E-state index contributed by atoms with van der Waals surface area (Å²) in [5.74, 6) is 0.768. The zero-order valence-electron chi connectivity index (χ0n) is 18.3. The SMILES string of the molecule is CCNC(=NCc1ccc(S(C)(=O)=O)cc1)NCC(c1ccccc1)N1CCCC1.I. The minimum atomic E-state index is -3.18. The predicted octanol–water partition coefficient (Wildman–Crippen LogP) is 3.60. The normalized spacial score (nSPS) is 15.9. The fraction of sp³-hybridized carbons (Fsp3) is 0.435. The average molecular weight is 557 g/mol. The van der Waals surface area contributed by atoms with E-state index in [1.807, 2.05) is 19.1 Å². The van der Waals surface area contributed by atoms with E-state index in [0.717, 1.165) is 37.7 Å². The van der Waals surface area contributed by atoms with Gasteiger partial charge >= 0.3 is 0 Å². The van der Waals surface area contributed by atoms with Crippen LogP contribution in [0.1, 0.15) is 36.9 Å². The molecule has 3 rings (SSSR count). The molecule has 0 aliphatic carbocycles. The number of sulfone groups is 1. The van der Waals surface area contributed by atoms with Gasteiger partial charge < -0.3 is 10.6 Å². The summed E-state index contributed by atoms with van der Waals surface area (Å²) in [7, 11) is -3.18. The summed E-state index contributed by atoms with van der Waals surface area (Å²) in [5, 5.41) is 6.81. The van der Waals surface area contributed by atoms with Crippen LogP contribution >= 0.6 is 24.0 Å². The fourth-order valence-corrected chi connectivity index (χ4v) is 4.36. The Morgan fingerprint density at radius 1 is 1.03 bits per heavy atom. The first-order chi connectivity index (χ1) is 14.5. The number of nitrogens with zero attached hydrogens (tertiary/aromatic N) is 2. The van der Waals surface area contributed by atoms with E-state index in [0.29, 0.717) is 17.5 Å². The summed E-state index contributed by atoms with van der Waals surface area (Å²) < 4.78 is 23.2. The van der Waals surface area contributed by atoms with Crippen molar-refractivity contribution in [1.29, 1.82) is 0 Å². The molecule has 2 aromatic rings. The third kappa shape index (κ3) is 7.76. The highest BCUT2D eigenvalue weighted by molar-refractivity contribution is 14.0. The monoisotopic (exact) mass is 556 g/mol. The van der Waals surface area contributed by atoms with Gasteiger partial charge in [0.2, 0.25) is 0 Å². The molecule has 0 aromatic heterocycles. The highest BCUT2D eigenvalue weighted by Crippen LogP contribution is 2.24. The molecule has 0 amide bonds. The number of rotatable bonds is 8. The molecule has 1 heterocycles. The first-order valence-corrected chi connectivity index (χ1v) is 12.5. The summed E-state index contributed by atoms with van der Waals surface area (Å²) in [6.45, 7) is 6.34. The second-order valence-electron chi connectivity index (χ2n) is 7.66. The van der Waals surface area contributed by atoms with E-state index in [4.69, 9.17) is 4.99 Å². The Hall–Kier alpha value is -1.65. The summed E-state index contributed by atoms with van der Waals surface area (Å²) in [6, 6.07) is 17.9. The summed E-state index contributed by atoms with van der Waals surface area (Å²) in [4.78, 5) is 7.56. The van der Waals surface area contributed by atoms with Gasteiger partial charge in [-0.1, -0.05) is 42.5 Å². The number of hydrogen-bond acceptors (Lipinski definition) is 4. The van der Waals surface area contributed by atoms with E-state index in [1.165, 1.54) is 24.7 Å². The fourth-order valence-electron chi connectivity index (χ4n) is 3.73. The van der Waals surface area contributed by atoms with Crippen molar-refractivity contribution in [1.82, 2.24) is 15.5 Å². The molecule has 8 heteroatoms. The van der Waals surface area contributed by atoms with Gasteiger partial charge in [0.05, 0.1) is 17.5 Å². The van der Waals surface area contributed by atoms with Crippen molar-refractivity contribution in [3.63, 3.8) is 0 Å². The largest absolute Gasteiger partial charge is 0.357 e. The summed E-state index contributed by atoms with van der Waals surface area (Å²) in [6.07, 6.45) is 3.72. The number of guanidine groups is 1. The van der Waals surface area contributed by atoms with Gasteiger partial charge in [-0.15, -0.1) is 24.0 Å². The van der Waals surface area contributed by atoms with Crippen LogP contribution in [0.25, 0.3) is 0 Å². The lowest BCUT2D eigenvalue weighted by molar-refractivity contribution is 0.245. The third-order valence-corrected chi connectivity index (χ3v) is 6.47. The molecule has 0 bridgehead atoms. The minimum Gasteiger partial charge on any atom is -0.357 e. The second-order valence-corrected chi connectivity index (χ2v) is 9.68. The molecule has 1 unspecified atom stereocenters. The van der Waals surface area contributed by atoms with E-state index in [-0.39, 0.29) is 24.0 Å². The van der Waals surface area contributed by atoms with Gasteiger partial charge in [0.25, 0.3) is 0 Å². The topological polar surface area (TPSA) is 73.8 Å². The standard InChI is InChI=1S/C23H32N4O2S.HI/c1-3-24-23(25-17-19-11-13-21(14-12-19)30(2,28)29)26-18-22(27-15-7-8-16-27)20-9-5-4-6-10-20;/h4-6,9-14,22H,3,7-8,15-18H2,1-2H3,(H2,24,25,26);1H. The maximum Gasteiger partial charge on any atom is 0.191 e. The molecule has 1 saturated heterocycles. The Bertz CT molecular complexity index is 928. The van der Waals surface area contributed by atoms with Crippen LogP contribution in [0, 0.1) is 0 Å². The maximum atomic E-state index is 11.6. The van der Waals surface area contributed by atoms with Crippen molar-refractivity contribution < 1.29 is 8.42 Å². The van der Waals surface area contributed by atoms with Gasteiger partial charge in [-0.25, -0.2) is 13.4 Å². The predicted molar refractivity (Wildman–Crippen MR) is 138 cm³/mol. The van der Waals surface area contributed by atoms with Crippen molar-refractivity contribution in [2.45, 2.75) is 37.2 Å². The summed E-state index contributed by atoms with van der Waals surface area (Å²) >= 11 is 0. The van der Waals surface area contributed by atoms with Crippen LogP contribution in [0.5, 0.6) is 0 Å². The molecule has 31 heavy (non-hydrogen) atoms. The second kappa shape index (κ2) is 12.4. The summed E-state index contributed by atoms with van der Waals surface area (Å²) in [5.41, 5.74) is 2.29. The lowest BCUT2D eigenvalue weighted by Gasteiger charge is -2.29. The number of benzene rings is 2. The Kier molecular flexibility index (Phi) is 10.2. The Morgan fingerprint density at radius 2 is 1.68 bits per heavy atom. The van der Waals surface area contributed by atoms with Crippen LogP contribution in [0.3, 0.4) is 0 Å². The molecule has 1 aliphatic heterocycles. The molecular formula is C23H33IN4O2S. The highest BCUT2D eigenvalue weighted by atomic mass is 127. The van der Waals surface area contributed by atoms with Crippen LogP contribution in [0.4, 0.5) is 0 Å². The minimum absolute atomic E-state index is 0. The molecule has 170 valence electrons. The first kappa shape index (κ1) is 25.6. The van der Waals surface area contributed by atoms with E-state index >= 15 is 0 Å². The first-order valence-electron chi connectivity index (χ1n) is 10.6. The molecule has 1 aliphatic rings. The molecule has 1 fully saturated rings. The molecule has 0 saturated carbocycles. The van der Waals surface area contributed by atoms with Gasteiger partial charge in [0.1, 0.15) is 0 Å². The lowest BCUT2D eigenvalue weighted by atomic mass is 10.1. The Labute approximate surface area is 203 Å². The third-order valence-electron chi connectivity index (χ3n) is 5.34. The van der Waals surface area contributed by atoms with Gasteiger partial charge in [-0.05, 0) is 56.1 Å². The average Bonchev–Trinajstić information content (AvgIpc) is 3.27.